The highest BCUT2D eigenvalue weighted by Crippen LogP contribution is 2.46. The molecule has 0 N–H and O–H groups in total. The van der Waals surface area contributed by atoms with Crippen LogP contribution in [0.15, 0.2) is 43.0 Å². The van der Waals surface area contributed by atoms with Gasteiger partial charge in [0, 0.05) is 10.8 Å². The molecular weight excluding hydrogens is 316 g/mol. The number of benzene rings is 1. The van der Waals surface area contributed by atoms with Crippen LogP contribution in [-0.4, -0.2) is 39.0 Å². The summed E-state index contributed by atoms with van der Waals surface area (Å²) in [6.45, 7) is 2.21. The van der Waals surface area contributed by atoms with E-state index in [-0.39, 0.29) is 5.41 Å². The normalized spacial score (nSPS) is 16.2. The Labute approximate surface area is 141 Å². The lowest BCUT2D eigenvalue weighted by Gasteiger charge is -2.06. The SMILES string of the molecule is CC1(c2cn(-c3nnc4c5ccccc5n5cncc5n34)nn2)CC1. The zero-order chi connectivity index (χ0) is 16.6. The molecule has 0 saturated heterocycles. The summed E-state index contributed by atoms with van der Waals surface area (Å²) in [6.07, 6.45) is 7.89. The molecule has 8 nitrogen and oxygen atoms in total. The van der Waals surface area contributed by atoms with Crippen molar-refractivity contribution in [1.82, 2.24) is 39.0 Å². The van der Waals surface area contributed by atoms with Gasteiger partial charge >= 0.3 is 0 Å². The van der Waals surface area contributed by atoms with Crippen LogP contribution in [0.4, 0.5) is 0 Å². The van der Waals surface area contributed by atoms with Gasteiger partial charge < -0.3 is 0 Å². The molecule has 8 heteroatoms. The van der Waals surface area contributed by atoms with Gasteiger partial charge in [0.1, 0.15) is 12.0 Å². The highest BCUT2D eigenvalue weighted by Gasteiger charge is 2.41. The fraction of sp³-hybridized carbons (Fsp3) is 0.235. The van der Waals surface area contributed by atoms with Crippen LogP contribution in [0.2, 0.25) is 0 Å². The van der Waals surface area contributed by atoms with Gasteiger partial charge in [-0.05, 0) is 25.0 Å². The molecule has 0 radical (unpaired) electrons. The lowest BCUT2D eigenvalue weighted by molar-refractivity contribution is 0.723. The summed E-state index contributed by atoms with van der Waals surface area (Å²) < 4.78 is 5.72. The zero-order valence-electron chi connectivity index (χ0n) is 13.5. The van der Waals surface area contributed by atoms with Crippen molar-refractivity contribution < 1.29 is 0 Å². The van der Waals surface area contributed by atoms with Crippen molar-refractivity contribution in [3.63, 3.8) is 0 Å². The summed E-state index contributed by atoms with van der Waals surface area (Å²) in [6, 6.07) is 8.11. The number of nitrogens with zero attached hydrogens (tertiary/aromatic N) is 8. The van der Waals surface area contributed by atoms with Crippen molar-refractivity contribution in [2.24, 2.45) is 0 Å². The molecule has 1 aliphatic carbocycles. The number of imidazole rings is 1. The van der Waals surface area contributed by atoms with E-state index in [4.69, 9.17) is 0 Å². The van der Waals surface area contributed by atoms with E-state index in [1.54, 1.807) is 11.0 Å². The van der Waals surface area contributed by atoms with Crippen molar-refractivity contribution in [3.8, 4) is 5.95 Å². The molecule has 0 spiro atoms. The third-order valence-electron chi connectivity index (χ3n) is 5.22. The Morgan fingerprint density at radius 2 is 1.96 bits per heavy atom. The van der Waals surface area contributed by atoms with Crippen LogP contribution in [-0.2, 0) is 5.41 Å². The van der Waals surface area contributed by atoms with E-state index in [0.29, 0.717) is 5.95 Å². The van der Waals surface area contributed by atoms with E-state index in [2.05, 4.69) is 38.5 Å². The van der Waals surface area contributed by atoms with Crippen LogP contribution in [0.1, 0.15) is 25.5 Å². The van der Waals surface area contributed by atoms with Crippen molar-refractivity contribution in [1.29, 1.82) is 0 Å². The average molecular weight is 330 g/mol. The highest BCUT2D eigenvalue weighted by atomic mass is 15.5. The molecule has 1 aliphatic rings. The van der Waals surface area contributed by atoms with Crippen molar-refractivity contribution in [3.05, 3.63) is 48.7 Å². The van der Waals surface area contributed by atoms with E-state index in [1.165, 1.54) is 0 Å². The van der Waals surface area contributed by atoms with Crippen molar-refractivity contribution >= 4 is 22.2 Å². The molecule has 0 amide bonds. The summed E-state index contributed by atoms with van der Waals surface area (Å²) in [5.41, 5.74) is 3.90. The number of para-hydroxylation sites is 1. The monoisotopic (exact) mass is 330 g/mol. The molecule has 1 saturated carbocycles. The first-order valence-electron chi connectivity index (χ1n) is 8.26. The first-order valence-corrected chi connectivity index (χ1v) is 8.26. The number of hydrogen-bond acceptors (Lipinski definition) is 5. The second-order valence-corrected chi connectivity index (χ2v) is 6.91. The Kier molecular flexibility index (Phi) is 2.20. The molecule has 0 aliphatic heterocycles. The second kappa shape index (κ2) is 4.21. The minimum atomic E-state index is 0.164. The van der Waals surface area contributed by atoms with Gasteiger partial charge in [-0.15, -0.1) is 15.3 Å². The Morgan fingerprint density at radius 1 is 1.08 bits per heavy atom. The number of fused-ring (bicyclic) bond motifs is 6. The predicted octanol–water partition coefficient (Wildman–Crippen LogP) is 2.16. The fourth-order valence-electron chi connectivity index (χ4n) is 3.40. The predicted molar refractivity (Wildman–Crippen MR) is 90.7 cm³/mol. The number of hydrogen-bond donors (Lipinski definition) is 0. The summed E-state index contributed by atoms with van der Waals surface area (Å²) in [5, 5.41) is 18.5. The van der Waals surface area contributed by atoms with Crippen LogP contribution in [0, 0.1) is 0 Å². The summed E-state index contributed by atoms with van der Waals surface area (Å²) in [5.74, 6) is 0.620. The Morgan fingerprint density at radius 3 is 2.84 bits per heavy atom. The third-order valence-corrected chi connectivity index (χ3v) is 5.22. The van der Waals surface area contributed by atoms with E-state index in [0.717, 1.165) is 40.7 Å². The van der Waals surface area contributed by atoms with Crippen molar-refractivity contribution in [2.45, 2.75) is 25.2 Å². The van der Waals surface area contributed by atoms with E-state index >= 15 is 0 Å². The minimum absolute atomic E-state index is 0.164. The second-order valence-electron chi connectivity index (χ2n) is 6.91. The van der Waals surface area contributed by atoms with Gasteiger partial charge in [-0.3, -0.25) is 4.40 Å². The molecule has 1 aromatic carbocycles. The largest absolute Gasteiger partial charge is 0.284 e. The lowest BCUT2D eigenvalue weighted by atomic mass is 10.1. The highest BCUT2D eigenvalue weighted by molar-refractivity contribution is 5.94. The standard InChI is InChI=1S/C17H14N8/c1-17(6-7-17)13-9-24(22-19-13)16-21-20-15-11-4-2-3-5-12(11)23-10-18-8-14(23)25(15)16/h2-5,8-10H,6-7H2,1H3. The summed E-state index contributed by atoms with van der Waals surface area (Å²) in [4.78, 5) is 4.31. The van der Waals surface area contributed by atoms with E-state index in [1.807, 2.05) is 39.4 Å². The molecule has 25 heavy (non-hydrogen) atoms. The van der Waals surface area contributed by atoms with E-state index in [9.17, 15) is 0 Å². The molecule has 1 fully saturated rings. The van der Waals surface area contributed by atoms with Crippen LogP contribution in [0.25, 0.3) is 28.1 Å². The molecule has 6 rings (SSSR count). The lowest BCUT2D eigenvalue weighted by Crippen LogP contribution is -2.05. The Hall–Kier alpha value is -3.29. The molecule has 4 heterocycles. The van der Waals surface area contributed by atoms with Crippen molar-refractivity contribution in [2.75, 3.05) is 0 Å². The maximum absolute atomic E-state index is 4.42. The summed E-state index contributed by atoms with van der Waals surface area (Å²) in [7, 11) is 0. The molecule has 0 bridgehead atoms. The van der Waals surface area contributed by atoms with Gasteiger partial charge in [0.2, 0.25) is 0 Å². The van der Waals surface area contributed by atoms with Gasteiger partial charge in [-0.25, -0.2) is 9.38 Å². The molecule has 4 aromatic heterocycles. The smallest absolute Gasteiger partial charge is 0.259 e. The van der Waals surface area contributed by atoms with Crippen LogP contribution < -0.4 is 0 Å². The molecule has 0 atom stereocenters. The van der Waals surface area contributed by atoms with Gasteiger partial charge in [0.15, 0.2) is 5.65 Å². The number of rotatable bonds is 2. The molecule has 5 aromatic rings. The van der Waals surface area contributed by atoms with Crippen LogP contribution in [0.5, 0.6) is 0 Å². The number of aromatic nitrogens is 8. The molecule has 0 unspecified atom stereocenters. The minimum Gasteiger partial charge on any atom is -0.284 e. The third kappa shape index (κ3) is 1.63. The maximum atomic E-state index is 4.42. The Bertz CT molecular complexity index is 1270. The molecular formula is C17H14N8. The van der Waals surface area contributed by atoms with Gasteiger partial charge in [0.25, 0.3) is 5.95 Å². The summed E-state index contributed by atoms with van der Waals surface area (Å²) >= 11 is 0. The van der Waals surface area contributed by atoms with E-state index < -0.39 is 0 Å². The maximum Gasteiger partial charge on any atom is 0.259 e. The quantitative estimate of drug-likeness (QED) is 0.496. The first kappa shape index (κ1) is 13.1. The first-order chi connectivity index (χ1) is 12.2. The Balaban J connectivity index is 1.70. The topological polar surface area (TPSA) is 78.2 Å². The fourth-order valence-corrected chi connectivity index (χ4v) is 3.40. The molecule has 122 valence electrons. The van der Waals surface area contributed by atoms with Gasteiger partial charge in [0.05, 0.1) is 23.6 Å². The van der Waals surface area contributed by atoms with Crippen LogP contribution in [0.3, 0.4) is 0 Å². The zero-order valence-corrected chi connectivity index (χ0v) is 13.5. The van der Waals surface area contributed by atoms with Crippen LogP contribution >= 0.6 is 0 Å². The average Bonchev–Trinajstić information content (AvgIpc) is 3.12. The van der Waals surface area contributed by atoms with Gasteiger partial charge in [-0.2, -0.15) is 4.68 Å². The van der Waals surface area contributed by atoms with Gasteiger partial charge in [-0.1, -0.05) is 24.3 Å².